The third-order valence-electron chi connectivity index (χ3n) is 4.04. The number of nitrogens with zero attached hydrogens (tertiary/aromatic N) is 3. The topological polar surface area (TPSA) is 148 Å². The number of ketones is 1. The Morgan fingerprint density at radius 1 is 1.41 bits per heavy atom. The van der Waals surface area contributed by atoms with Crippen LogP contribution in [0.3, 0.4) is 0 Å². The van der Waals surface area contributed by atoms with Crippen LogP contribution in [-0.2, 0) is 0 Å². The number of nitro benzene ring substituents is 1. The molecule has 3 aromatic rings. The van der Waals surface area contributed by atoms with Gasteiger partial charge in [-0.05, 0) is 18.1 Å². The molecule has 9 nitrogen and oxygen atoms in total. The average Bonchev–Trinajstić information content (AvgIpc) is 3.30. The summed E-state index contributed by atoms with van der Waals surface area (Å²) in [4.78, 5) is 23.3. The number of non-ortho nitro benzene ring substituents is 1. The number of thiophene rings is 1. The third-order valence-corrected chi connectivity index (χ3v) is 5.20. The predicted octanol–water partition coefficient (Wildman–Crippen LogP) is 4.06. The molecule has 148 valence electrons. The lowest BCUT2D eigenvalue weighted by Gasteiger charge is -2.06. The second-order valence-corrected chi connectivity index (χ2v) is 7.67. The van der Waals surface area contributed by atoms with Gasteiger partial charge in [-0.15, -0.1) is 11.3 Å². The lowest BCUT2D eigenvalue weighted by molar-refractivity contribution is -0.384. The zero-order valence-electron chi connectivity index (χ0n) is 15.6. The van der Waals surface area contributed by atoms with E-state index in [0.717, 1.165) is 11.3 Å². The van der Waals surface area contributed by atoms with Gasteiger partial charge in [-0.3, -0.25) is 14.9 Å². The summed E-state index contributed by atoms with van der Waals surface area (Å²) in [5, 5.41) is 27.7. The number of anilines is 2. The summed E-state index contributed by atoms with van der Waals surface area (Å²) in [6, 6.07) is 9.19. The quantitative estimate of drug-likeness (QED) is 0.336. The summed E-state index contributed by atoms with van der Waals surface area (Å²) in [5.74, 6) is -0.170. The number of nitrogen functional groups attached to an aromatic ring is 1. The molecule has 0 bridgehead atoms. The van der Waals surface area contributed by atoms with Crippen molar-refractivity contribution in [1.82, 2.24) is 5.16 Å². The number of carbonyl (C=O) groups is 1. The molecule has 0 aliphatic rings. The van der Waals surface area contributed by atoms with Crippen molar-refractivity contribution in [3.63, 3.8) is 0 Å². The van der Waals surface area contributed by atoms with E-state index in [1.165, 1.54) is 30.3 Å². The van der Waals surface area contributed by atoms with Crippen molar-refractivity contribution in [1.29, 1.82) is 5.26 Å². The highest BCUT2D eigenvalue weighted by atomic mass is 32.1. The fourth-order valence-corrected chi connectivity index (χ4v) is 3.55. The van der Waals surface area contributed by atoms with Crippen molar-refractivity contribution in [2.24, 2.45) is 5.92 Å². The molecule has 3 rings (SSSR count). The molecule has 0 atom stereocenters. The van der Waals surface area contributed by atoms with Gasteiger partial charge in [0.05, 0.1) is 10.6 Å². The SMILES string of the molecule is CC(C)CNc1sc(C(=O)c2cc(-c3ccc([N+](=O)[O-])cc3)no2)c(N)c1C#N. The van der Waals surface area contributed by atoms with Crippen molar-refractivity contribution in [2.75, 3.05) is 17.6 Å². The summed E-state index contributed by atoms with van der Waals surface area (Å²) in [5.41, 5.74) is 7.23. The molecule has 0 unspecified atom stereocenters. The van der Waals surface area contributed by atoms with Gasteiger partial charge < -0.3 is 15.6 Å². The van der Waals surface area contributed by atoms with Gasteiger partial charge in [-0.1, -0.05) is 19.0 Å². The molecular formula is C19H17N5O4S. The van der Waals surface area contributed by atoms with E-state index in [2.05, 4.69) is 10.5 Å². The minimum absolute atomic E-state index is 0.0359. The Morgan fingerprint density at radius 3 is 2.69 bits per heavy atom. The monoisotopic (exact) mass is 411 g/mol. The zero-order chi connectivity index (χ0) is 21.1. The highest BCUT2D eigenvalue weighted by Crippen LogP contribution is 2.37. The van der Waals surface area contributed by atoms with Crippen LogP contribution in [0.25, 0.3) is 11.3 Å². The normalized spacial score (nSPS) is 10.7. The van der Waals surface area contributed by atoms with Crippen LogP contribution in [0.15, 0.2) is 34.9 Å². The molecule has 0 aliphatic heterocycles. The molecule has 0 saturated heterocycles. The van der Waals surface area contributed by atoms with E-state index < -0.39 is 10.7 Å². The lowest BCUT2D eigenvalue weighted by Crippen LogP contribution is -2.07. The molecule has 10 heteroatoms. The maximum atomic E-state index is 12.8. The Morgan fingerprint density at radius 2 is 2.10 bits per heavy atom. The standard InChI is InChI=1S/C19H17N5O4S/c1-10(2)9-22-19-13(8-20)16(21)18(29-19)17(25)15-7-14(23-28-15)11-3-5-12(6-4-11)24(26)27/h3-7,10,22H,9,21H2,1-2H3. The molecule has 1 aromatic carbocycles. The summed E-state index contributed by atoms with van der Waals surface area (Å²) in [6.45, 7) is 4.68. The van der Waals surface area contributed by atoms with Gasteiger partial charge in [0.25, 0.3) is 5.69 Å². The van der Waals surface area contributed by atoms with Crippen molar-refractivity contribution in [3.05, 3.63) is 56.6 Å². The molecule has 29 heavy (non-hydrogen) atoms. The molecular weight excluding hydrogens is 394 g/mol. The lowest BCUT2D eigenvalue weighted by atomic mass is 10.1. The van der Waals surface area contributed by atoms with Crippen LogP contribution in [0.4, 0.5) is 16.4 Å². The largest absolute Gasteiger partial charge is 0.396 e. The summed E-state index contributed by atoms with van der Waals surface area (Å²) >= 11 is 1.09. The smallest absolute Gasteiger partial charge is 0.269 e. The van der Waals surface area contributed by atoms with Crippen LogP contribution >= 0.6 is 11.3 Å². The zero-order valence-corrected chi connectivity index (χ0v) is 16.4. The number of benzene rings is 1. The number of nitriles is 1. The Kier molecular flexibility index (Phi) is 5.61. The highest BCUT2D eigenvalue weighted by Gasteiger charge is 2.25. The van der Waals surface area contributed by atoms with Crippen LogP contribution in [0.5, 0.6) is 0 Å². The van der Waals surface area contributed by atoms with Crippen LogP contribution in [0.1, 0.15) is 34.8 Å². The number of nitrogens with one attached hydrogen (secondary N) is 1. The van der Waals surface area contributed by atoms with Gasteiger partial charge in [0.15, 0.2) is 0 Å². The minimum Gasteiger partial charge on any atom is -0.396 e. The van der Waals surface area contributed by atoms with E-state index in [9.17, 15) is 20.2 Å². The number of nitrogens with two attached hydrogens (primary N) is 1. The van der Waals surface area contributed by atoms with Gasteiger partial charge in [0.1, 0.15) is 27.2 Å². The van der Waals surface area contributed by atoms with Crippen LogP contribution in [0.2, 0.25) is 0 Å². The molecule has 2 aromatic heterocycles. The van der Waals surface area contributed by atoms with Crippen molar-refractivity contribution >= 4 is 33.5 Å². The summed E-state index contributed by atoms with van der Waals surface area (Å²) in [7, 11) is 0. The second-order valence-electron chi connectivity index (χ2n) is 6.65. The summed E-state index contributed by atoms with van der Waals surface area (Å²) < 4.78 is 5.16. The number of nitro groups is 1. The van der Waals surface area contributed by atoms with Crippen molar-refractivity contribution in [3.8, 4) is 17.3 Å². The van der Waals surface area contributed by atoms with E-state index in [1.54, 1.807) is 0 Å². The molecule has 0 spiro atoms. The van der Waals surface area contributed by atoms with E-state index in [0.29, 0.717) is 28.7 Å². The Bertz CT molecular complexity index is 1110. The Balaban J connectivity index is 1.88. The molecule has 0 aliphatic carbocycles. The molecule has 0 radical (unpaired) electrons. The summed E-state index contributed by atoms with van der Waals surface area (Å²) in [6.07, 6.45) is 0. The Labute approximate surface area is 169 Å². The van der Waals surface area contributed by atoms with Crippen LogP contribution < -0.4 is 11.1 Å². The first-order valence-electron chi connectivity index (χ1n) is 8.64. The number of carbonyl (C=O) groups excluding carboxylic acids is 1. The molecule has 2 heterocycles. The van der Waals surface area contributed by atoms with E-state index in [4.69, 9.17) is 10.3 Å². The van der Waals surface area contributed by atoms with E-state index in [1.807, 2.05) is 19.9 Å². The van der Waals surface area contributed by atoms with E-state index in [-0.39, 0.29) is 27.6 Å². The number of hydrogen-bond acceptors (Lipinski definition) is 9. The maximum absolute atomic E-state index is 12.8. The van der Waals surface area contributed by atoms with Gasteiger partial charge in [-0.25, -0.2) is 0 Å². The van der Waals surface area contributed by atoms with Gasteiger partial charge in [0.2, 0.25) is 11.5 Å². The number of aromatic nitrogens is 1. The Hall–Kier alpha value is -3.71. The van der Waals surface area contributed by atoms with Gasteiger partial charge >= 0.3 is 0 Å². The van der Waals surface area contributed by atoms with Crippen LogP contribution in [-0.4, -0.2) is 22.4 Å². The molecule has 0 fully saturated rings. The number of hydrogen-bond donors (Lipinski definition) is 2. The van der Waals surface area contributed by atoms with E-state index >= 15 is 0 Å². The first-order chi connectivity index (χ1) is 13.8. The fraction of sp³-hybridized carbons (Fsp3) is 0.211. The predicted molar refractivity (Wildman–Crippen MR) is 109 cm³/mol. The molecule has 3 N–H and O–H groups in total. The van der Waals surface area contributed by atoms with Crippen LogP contribution in [0, 0.1) is 27.4 Å². The third kappa shape index (κ3) is 4.09. The van der Waals surface area contributed by atoms with Gasteiger partial charge in [-0.2, -0.15) is 5.26 Å². The number of rotatable bonds is 7. The minimum atomic E-state index is -0.501. The average molecular weight is 411 g/mol. The van der Waals surface area contributed by atoms with Crippen molar-refractivity contribution < 1.29 is 14.2 Å². The molecule has 0 saturated carbocycles. The first-order valence-corrected chi connectivity index (χ1v) is 9.46. The molecule has 0 amide bonds. The second kappa shape index (κ2) is 8.12. The fourth-order valence-electron chi connectivity index (χ4n) is 2.53. The maximum Gasteiger partial charge on any atom is 0.269 e. The highest BCUT2D eigenvalue weighted by molar-refractivity contribution is 7.19. The van der Waals surface area contributed by atoms with Gasteiger partial charge in [0, 0.05) is 30.3 Å². The van der Waals surface area contributed by atoms with Crippen molar-refractivity contribution in [2.45, 2.75) is 13.8 Å². The first kappa shape index (κ1) is 20.0.